The summed E-state index contributed by atoms with van der Waals surface area (Å²) in [6.45, 7) is 7.32. The van der Waals surface area contributed by atoms with Crippen molar-refractivity contribution in [3.8, 4) is 0 Å². The highest BCUT2D eigenvalue weighted by atomic mass is 35.5. The fraction of sp³-hybridized carbons (Fsp3) is 0.310. The van der Waals surface area contributed by atoms with Crippen LogP contribution in [0.4, 0.5) is 5.69 Å². The molecular formula is C29H33Cl2N3O4S. The molecule has 0 aliphatic rings. The van der Waals surface area contributed by atoms with Gasteiger partial charge in [0.15, 0.2) is 0 Å². The molecule has 3 aromatic rings. The fourth-order valence-electron chi connectivity index (χ4n) is 3.98. The first-order valence-corrected chi connectivity index (χ1v) is 14.8. The zero-order valence-corrected chi connectivity index (χ0v) is 24.8. The molecule has 1 atom stereocenters. The average Bonchev–Trinajstić information content (AvgIpc) is 2.91. The van der Waals surface area contributed by atoms with Crippen molar-refractivity contribution >= 4 is 50.7 Å². The summed E-state index contributed by atoms with van der Waals surface area (Å²) in [6, 6.07) is 17.4. The minimum absolute atomic E-state index is 0.00358. The number of sulfonamides is 1. The van der Waals surface area contributed by atoms with Crippen molar-refractivity contribution in [1.29, 1.82) is 0 Å². The summed E-state index contributed by atoms with van der Waals surface area (Å²) in [7, 11) is -4.24. The third-order valence-electron chi connectivity index (χ3n) is 6.38. The van der Waals surface area contributed by atoms with Gasteiger partial charge in [-0.25, -0.2) is 8.42 Å². The molecule has 3 aromatic carbocycles. The largest absolute Gasteiger partial charge is 0.354 e. The minimum atomic E-state index is -4.24. The third-order valence-corrected chi connectivity index (χ3v) is 8.71. The Bertz CT molecular complexity index is 1430. The number of carbonyl (C=O) groups is 2. The SMILES string of the molecule is CCCNC(=O)C(C)N(Cc1ccccc1C)C(=O)CN(c1cc(Cl)ccc1Cl)S(=O)(=O)c1ccc(C)cc1. The lowest BCUT2D eigenvalue weighted by molar-refractivity contribution is -0.139. The number of carbonyl (C=O) groups excluding carboxylic acids is 2. The zero-order valence-electron chi connectivity index (χ0n) is 22.4. The Kier molecular flexibility index (Phi) is 10.4. The molecule has 0 heterocycles. The maximum atomic E-state index is 14.0. The number of nitrogens with zero attached hydrogens (tertiary/aromatic N) is 2. The van der Waals surface area contributed by atoms with Gasteiger partial charge in [0.25, 0.3) is 10.0 Å². The smallest absolute Gasteiger partial charge is 0.264 e. The molecule has 1 unspecified atom stereocenters. The van der Waals surface area contributed by atoms with Gasteiger partial charge in [-0.2, -0.15) is 0 Å². The second-order valence-corrected chi connectivity index (χ2v) is 12.0. The maximum absolute atomic E-state index is 14.0. The van der Waals surface area contributed by atoms with Gasteiger partial charge in [-0.15, -0.1) is 0 Å². The van der Waals surface area contributed by atoms with E-state index in [1.165, 1.54) is 35.2 Å². The molecule has 0 radical (unpaired) electrons. The number of rotatable bonds is 11. The van der Waals surface area contributed by atoms with Gasteiger partial charge in [-0.1, -0.05) is 72.1 Å². The first kappa shape index (κ1) is 30.5. The molecular weight excluding hydrogens is 557 g/mol. The molecule has 0 spiro atoms. The molecule has 0 aliphatic heterocycles. The summed E-state index contributed by atoms with van der Waals surface area (Å²) in [6.07, 6.45) is 0.736. The second kappa shape index (κ2) is 13.3. The monoisotopic (exact) mass is 589 g/mol. The Labute approximate surface area is 240 Å². The van der Waals surface area contributed by atoms with Crippen LogP contribution in [0.15, 0.2) is 71.6 Å². The quantitative estimate of drug-likeness (QED) is 0.308. The van der Waals surface area contributed by atoms with Crippen LogP contribution >= 0.6 is 23.2 Å². The van der Waals surface area contributed by atoms with Crippen molar-refractivity contribution in [2.75, 3.05) is 17.4 Å². The molecule has 0 saturated heterocycles. The fourth-order valence-corrected chi connectivity index (χ4v) is 5.84. The van der Waals surface area contributed by atoms with Crippen molar-refractivity contribution in [2.24, 2.45) is 0 Å². The molecule has 0 bridgehead atoms. The van der Waals surface area contributed by atoms with E-state index in [0.29, 0.717) is 6.54 Å². The van der Waals surface area contributed by atoms with E-state index in [0.717, 1.165) is 27.4 Å². The summed E-state index contributed by atoms with van der Waals surface area (Å²) in [5.41, 5.74) is 2.74. The van der Waals surface area contributed by atoms with Crippen LogP contribution in [0.2, 0.25) is 10.0 Å². The highest BCUT2D eigenvalue weighted by Gasteiger charge is 2.33. The van der Waals surface area contributed by atoms with Crippen molar-refractivity contribution < 1.29 is 18.0 Å². The van der Waals surface area contributed by atoms with Crippen LogP contribution in [0.3, 0.4) is 0 Å². The molecule has 0 aromatic heterocycles. The Morgan fingerprint density at radius 2 is 1.64 bits per heavy atom. The molecule has 10 heteroatoms. The number of halogens is 2. The van der Waals surface area contributed by atoms with Gasteiger partial charge in [-0.05, 0) is 68.7 Å². The average molecular weight is 591 g/mol. The van der Waals surface area contributed by atoms with E-state index >= 15 is 0 Å². The topological polar surface area (TPSA) is 86.8 Å². The third kappa shape index (κ3) is 7.53. The number of hydrogen-bond acceptors (Lipinski definition) is 4. The Balaban J connectivity index is 2.07. The molecule has 1 N–H and O–H groups in total. The Morgan fingerprint density at radius 1 is 0.974 bits per heavy atom. The number of nitrogens with one attached hydrogen (secondary N) is 1. The normalized spacial score (nSPS) is 12.1. The summed E-state index contributed by atoms with van der Waals surface area (Å²) in [5.74, 6) is -0.892. The van der Waals surface area contributed by atoms with E-state index in [1.54, 1.807) is 19.1 Å². The van der Waals surface area contributed by atoms with Gasteiger partial charge in [-0.3, -0.25) is 13.9 Å². The van der Waals surface area contributed by atoms with Crippen molar-refractivity contribution in [2.45, 2.75) is 51.6 Å². The summed E-state index contributed by atoms with van der Waals surface area (Å²) < 4.78 is 28.7. The lowest BCUT2D eigenvalue weighted by Gasteiger charge is -2.32. The Hall–Kier alpha value is -3.07. The maximum Gasteiger partial charge on any atom is 0.264 e. The lowest BCUT2D eigenvalue weighted by Crippen LogP contribution is -2.51. The number of benzene rings is 3. The molecule has 7 nitrogen and oxygen atoms in total. The van der Waals surface area contributed by atoms with Gasteiger partial charge >= 0.3 is 0 Å². The van der Waals surface area contributed by atoms with Crippen LogP contribution in [0.25, 0.3) is 0 Å². The van der Waals surface area contributed by atoms with E-state index in [4.69, 9.17) is 23.2 Å². The molecule has 2 amide bonds. The van der Waals surface area contributed by atoms with Gasteiger partial charge in [0.1, 0.15) is 12.6 Å². The van der Waals surface area contributed by atoms with Crippen LogP contribution in [0, 0.1) is 13.8 Å². The van der Waals surface area contributed by atoms with E-state index in [-0.39, 0.29) is 33.1 Å². The van der Waals surface area contributed by atoms with Crippen molar-refractivity contribution in [3.05, 3.63) is 93.5 Å². The summed E-state index contributed by atoms with van der Waals surface area (Å²) in [4.78, 5) is 28.3. The van der Waals surface area contributed by atoms with Gasteiger partial charge in [0, 0.05) is 18.1 Å². The molecule has 0 aliphatic carbocycles. The van der Waals surface area contributed by atoms with Crippen LogP contribution in [-0.4, -0.2) is 44.3 Å². The van der Waals surface area contributed by atoms with E-state index in [9.17, 15) is 18.0 Å². The van der Waals surface area contributed by atoms with Crippen LogP contribution in [-0.2, 0) is 26.2 Å². The van der Waals surface area contributed by atoms with E-state index in [1.807, 2.05) is 45.0 Å². The molecule has 39 heavy (non-hydrogen) atoms. The predicted octanol–water partition coefficient (Wildman–Crippen LogP) is 5.75. The van der Waals surface area contributed by atoms with Crippen LogP contribution < -0.4 is 9.62 Å². The van der Waals surface area contributed by atoms with Crippen molar-refractivity contribution in [3.63, 3.8) is 0 Å². The summed E-state index contributed by atoms with van der Waals surface area (Å²) >= 11 is 12.7. The van der Waals surface area contributed by atoms with Gasteiger partial charge in [0.05, 0.1) is 15.6 Å². The van der Waals surface area contributed by atoms with E-state index < -0.39 is 28.5 Å². The first-order valence-electron chi connectivity index (χ1n) is 12.6. The number of amides is 2. The van der Waals surface area contributed by atoms with Crippen molar-refractivity contribution in [1.82, 2.24) is 10.2 Å². The second-order valence-electron chi connectivity index (χ2n) is 9.34. The van der Waals surface area contributed by atoms with Crippen LogP contribution in [0.5, 0.6) is 0 Å². The highest BCUT2D eigenvalue weighted by Crippen LogP contribution is 2.33. The number of hydrogen-bond donors (Lipinski definition) is 1. The van der Waals surface area contributed by atoms with E-state index in [2.05, 4.69) is 5.32 Å². The predicted molar refractivity (Wildman–Crippen MR) is 157 cm³/mol. The highest BCUT2D eigenvalue weighted by molar-refractivity contribution is 7.92. The van der Waals surface area contributed by atoms with Gasteiger partial charge in [0.2, 0.25) is 11.8 Å². The number of anilines is 1. The minimum Gasteiger partial charge on any atom is -0.354 e. The zero-order chi connectivity index (χ0) is 28.7. The lowest BCUT2D eigenvalue weighted by atomic mass is 10.1. The van der Waals surface area contributed by atoms with Crippen LogP contribution in [0.1, 0.15) is 37.0 Å². The first-order chi connectivity index (χ1) is 18.4. The van der Waals surface area contributed by atoms with Gasteiger partial charge < -0.3 is 10.2 Å². The standard InChI is InChI=1S/C29H33Cl2N3O4S/c1-5-16-32-29(36)22(4)33(18-23-9-7-6-8-21(23)3)28(35)19-34(27-17-24(30)12-15-26(27)31)39(37,38)25-13-10-20(2)11-14-25/h6-15,17,22H,5,16,18-19H2,1-4H3,(H,32,36). The molecule has 0 saturated carbocycles. The Morgan fingerprint density at radius 3 is 2.28 bits per heavy atom. The molecule has 3 rings (SSSR count). The molecule has 208 valence electrons. The molecule has 0 fully saturated rings. The number of aryl methyl sites for hydroxylation is 2. The summed E-state index contributed by atoms with van der Waals surface area (Å²) in [5, 5.41) is 3.20.